The Balaban J connectivity index is 1.79. The number of hydrogen-bond donors (Lipinski definition) is 0. The molecule has 1 heterocycles. The van der Waals surface area contributed by atoms with Gasteiger partial charge in [-0.2, -0.15) is 0 Å². The Morgan fingerprint density at radius 2 is 1.62 bits per heavy atom. The van der Waals surface area contributed by atoms with Gasteiger partial charge in [-0.25, -0.2) is 0 Å². The summed E-state index contributed by atoms with van der Waals surface area (Å²) < 4.78 is 5.34. The second kappa shape index (κ2) is 7.75. The molecule has 0 atom stereocenters. The molecule has 26 heavy (non-hydrogen) atoms. The number of ether oxygens (including phenoxy) is 1. The number of hydrogen-bond acceptors (Lipinski definition) is 6. The van der Waals surface area contributed by atoms with Crippen LogP contribution in [0.3, 0.4) is 0 Å². The first kappa shape index (κ1) is 17.6. The third-order valence-corrected chi connectivity index (χ3v) is 4.15. The lowest BCUT2D eigenvalue weighted by atomic mass is 10.1. The van der Waals surface area contributed by atoms with E-state index >= 15 is 0 Å². The number of anilines is 1. The Labute approximate surface area is 149 Å². The van der Waals surface area contributed by atoms with Crippen LogP contribution in [0.25, 0.3) is 12.2 Å². The Morgan fingerprint density at radius 1 is 0.923 bits per heavy atom. The molecule has 8 nitrogen and oxygen atoms in total. The average molecular weight is 355 g/mol. The quantitative estimate of drug-likeness (QED) is 0.462. The molecule has 0 aliphatic carbocycles. The van der Waals surface area contributed by atoms with Crippen molar-refractivity contribution in [3.8, 4) is 0 Å². The van der Waals surface area contributed by atoms with Gasteiger partial charge in [-0.05, 0) is 29.8 Å². The molecule has 0 saturated carbocycles. The molecular weight excluding hydrogens is 338 g/mol. The van der Waals surface area contributed by atoms with E-state index in [9.17, 15) is 20.2 Å². The van der Waals surface area contributed by atoms with Crippen LogP contribution in [-0.4, -0.2) is 36.1 Å². The van der Waals surface area contributed by atoms with Gasteiger partial charge in [-0.3, -0.25) is 20.2 Å². The van der Waals surface area contributed by atoms with Crippen molar-refractivity contribution in [2.24, 2.45) is 0 Å². The van der Waals surface area contributed by atoms with Gasteiger partial charge in [0.1, 0.15) is 0 Å². The fourth-order valence-electron chi connectivity index (χ4n) is 2.75. The minimum Gasteiger partial charge on any atom is -0.378 e. The maximum Gasteiger partial charge on any atom is 0.283 e. The zero-order valence-corrected chi connectivity index (χ0v) is 13.9. The molecule has 0 unspecified atom stereocenters. The SMILES string of the molecule is O=[N+]([O-])c1ccc(C=Cc2ccc(N3CCOCC3)cc2)c([N+](=O)[O-])c1. The van der Waals surface area contributed by atoms with Gasteiger partial charge in [0.05, 0.1) is 34.7 Å². The molecule has 0 bridgehead atoms. The molecule has 0 aromatic heterocycles. The van der Waals surface area contributed by atoms with Crippen LogP contribution in [0.2, 0.25) is 0 Å². The Bertz CT molecular complexity index is 842. The third kappa shape index (κ3) is 4.04. The summed E-state index contributed by atoms with van der Waals surface area (Å²) in [5.74, 6) is 0. The van der Waals surface area contributed by atoms with Gasteiger partial charge in [0, 0.05) is 24.8 Å². The van der Waals surface area contributed by atoms with E-state index in [0.29, 0.717) is 18.8 Å². The minimum absolute atomic E-state index is 0.291. The second-order valence-corrected chi connectivity index (χ2v) is 5.78. The van der Waals surface area contributed by atoms with Crippen LogP contribution in [0.1, 0.15) is 11.1 Å². The molecule has 3 rings (SSSR count). The van der Waals surface area contributed by atoms with E-state index in [1.54, 1.807) is 12.2 Å². The summed E-state index contributed by atoms with van der Waals surface area (Å²) in [6, 6.07) is 11.5. The topological polar surface area (TPSA) is 98.8 Å². The van der Waals surface area contributed by atoms with Crippen molar-refractivity contribution < 1.29 is 14.6 Å². The first-order valence-corrected chi connectivity index (χ1v) is 8.08. The lowest BCUT2D eigenvalue weighted by molar-refractivity contribution is -0.394. The Morgan fingerprint density at radius 3 is 2.23 bits per heavy atom. The maximum absolute atomic E-state index is 11.2. The number of rotatable bonds is 5. The van der Waals surface area contributed by atoms with E-state index in [1.165, 1.54) is 12.1 Å². The van der Waals surface area contributed by atoms with Crippen LogP contribution in [0, 0.1) is 20.2 Å². The number of nitro groups is 2. The smallest absolute Gasteiger partial charge is 0.283 e. The fraction of sp³-hybridized carbons (Fsp3) is 0.222. The molecule has 1 saturated heterocycles. The normalized spacial score (nSPS) is 14.5. The second-order valence-electron chi connectivity index (χ2n) is 5.78. The monoisotopic (exact) mass is 355 g/mol. The van der Waals surface area contributed by atoms with Crippen LogP contribution in [0.5, 0.6) is 0 Å². The molecule has 0 radical (unpaired) electrons. The highest BCUT2D eigenvalue weighted by Crippen LogP contribution is 2.26. The van der Waals surface area contributed by atoms with E-state index in [0.717, 1.165) is 30.4 Å². The van der Waals surface area contributed by atoms with E-state index in [2.05, 4.69) is 4.90 Å². The lowest BCUT2D eigenvalue weighted by Crippen LogP contribution is -2.36. The largest absolute Gasteiger partial charge is 0.378 e. The summed E-state index contributed by atoms with van der Waals surface area (Å²) in [6.45, 7) is 3.13. The molecule has 8 heteroatoms. The molecule has 1 aliphatic rings. The third-order valence-electron chi connectivity index (χ3n) is 4.15. The summed E-state index contributed by atoms with van der Waals surface area (Å²) in [6.07, 6.45) is 3.34. The highest BCUT2D eigenvalue weighted by atomic mass is 16.6. The molecular formula is C18H17N3O5. The van der Waals surface area contributed by atoms with E-state index in [-0.39, 0.29) is 11.4 Å². The summed E-state index contributed by atoms with van der Waals surface area (Å²) in [7, 11) is 0. The lowest BCUT2D eigenvalue weighted by Gasteiger charge is -2.28. The van der Waals surface area contributed by atoms with Crippen molar-refractivity contribution in [1.29, 1.82) is 0 Å². The van der Waals surface area contributed by atoms with Gasteiger partial charge in [0.15, 0.2) is 0 Å². The molecule has 1 aliphatic heterocycles. The molecule has 1 fully saturated rings. The van der Waals surface area contributed by atoms with Crippen LogP contribution in [0.4, 0.5) is 17.1 Å². The van der Waals surface area contributed by atoms with Gasteiger partial charge in [-0.15, -0.1) is 0 Å². The molecule has 0 amide bonds. The van der Waals surface area contributed by atoms with Gasteiger partial charge < -0.3 is 9.64 Å². The van der Waals surface area contributed by atoms with Crippen molar-refractivity contribution in [3.63, 3.8) is 0 Å². The van der Waals surface area contributed by atoms with E-state index in [1.807, 2.05) is 24.3 Å². The number of non-ortho nitro benzene ring substituents is 1. The average Bonchev–Trinajstić information content (AvgIpc) is 2.67. The van der Waals surface area contributed by atoms with Crippen molar-refractivity contribution >= 4 is 29.2 Å². The Hall–Kier alpha value is -3.26. The summed E-state index contributed by atoms with van der Waals surface area (Å²) >= 11 is 0. The standard InChI is InChI=1S/C18H17N3O5/c22-20(23)17-8-5-15(18(13-17)21(24)25)4-1-14-2-6-16(7-3-14)19-9-11-26-12-10-19/h1-8,13H,9-12H2. The summed E-state index contributed by atoms with van der Waals surface area (Å²) in [4.78, 5) is 22.9. The van der Waals surface area contributed by atoms with Crippen LogP contribution < -0.4 is 4.90 Å². The Kier molecular flexibility index (Phi) is 5.23. The minimum atomic E-state index is -0.648. The summed E-state index contributed by atoms with van der Waals surface area (Å²) in [5, 5.41) is 21.9. The van der Waals surface area contributed by atoms with E-state index in [4.69, 9.17) is 4.74 Å². The van der Waals surface area contributed by atoms with Crippen LogP contribution in [0.15, 0.2) is 42.5 Å². The maximum atomic E-state index is 11.2. The van der Waals surface area contributed by atoms with Gasteiger partial charge in [0.2, 0.25) is 0 Å². The van der Waals surface area contributed by atoms with Gasteiger partial charge in [-0.1, -0.05) is 18.2 Å². The molecule has 2 aromatic rings. The number of benzene rings is 2. The zero-order valence-electron chi connectivity index (χ0n) is 13.9. The van der Waals surface area contributed by atoms with Crippen molar-refractivity contribution in [1.82, 2.24) is 0 Å². The number of nitro benzene ring substituents is 2. The molecule has 0 N–H and O–H groups in total. The zero-order chi connectivity index (χ0) is 18.5. The predicted octanol–water partition coefficient (Wildman–Crippen LogP) is 3.51. The van der Waals surface area contributed by atoms with Crippen molar-refractivity contribution in [3.05, 3.63) is 73.8 Å². The van der Waals surface area contributed by atoms with E-state index < -0.39 is 9.85 Å². The van der Waals surface area contributed by atoms with Crippen molar-refractivity contribution in [2.45, 2.75) is 0 Å². The van der Waals surface area contributed by atoms with Crippen LogP contribution >= 0.6 is 0 Å². The molecule has 2 aromatic carbocycles. The molecule has 0 spiro atoms. The van der Waals surface area contributed by atoms with Crippen LogP contribution in [-0.2, 0) is 4.74 Å². The number of nitrogens with zero attached hydrogens (tertiary/aromatic N) is 3. The predicted molar refractivity (Wildman–Crippen MR) is 98.2 cm³/mol. The van der Waals surface area contributed by atoms with Crippen molar-refractivity contribution in [2.75, 3.05) is 31.2 Å². The highest BCUT2D eigenvalue weighted by molar-refractivity contribution is 5.75. The van der Waals surface area contributed by atoms with Gasteiger partial charge >= 0.3 is 0 Å². The highest BCUT2D eigenvalue weighted by Gasteiger charge is 2.17. The molecule has 134 valence electrons. The van der Waals surface area contributed by atoms with Gasteiger partial charge in [0.25, 0.3) is 11.4 Å². The first-order chi connectivity index (χ1) is 12.5. The number of morpholine rings is 1. The first-order valence-electron chi connectivity index (χ1n) is 8.08. The summed E-state index contributed by atoms with van der Waals surface area (Å²) in [5.41, 5.74) is 1.71. The fourth-order valence-corrected chi connectivity index (χ4v) is 2.75.